The third kappa shape index (κ3) is 6.58. The van der Waals surface area contributed by atoms with E-state index in [0.29, 0.717) is 13.1 Å². The first-order valence-electron chi connectivity index (χ1n) is 13.9. The maximum absolute atomic E-state index is 13.9. The van der Waals surface area contributed by atoms with Gasteiger partial charge >= 0.3 is 0 Å². The van der Waals surface area contributed by atoms with Crippen LogP contribution in [0.2, 0.25) is 0 Å². The number of halogens is 1. The molecule has 2 aromatic carbocycles. The fraction of sp³-hybridized carbons (Fsp3) is 0.500. The van der Waals surface area contributed by atoms with E-state index < -0.39 is 18.1 Å². The summed E-state index contributed by atoms with van der Waals surface area (Å²) in [5.41, 5.74) is 3.15. The molecule has 0 saturated carbocycles. The van der Waals surface area contributed by atoms with Crippen molar-refractivity contribution in [1.29, 1.82) is 0 Å². The van der Waals surface area contributed by atoms with Crippen LogP contribution in [-0.4, -0.2) is 67.4 Å². The van der Waals surface area contributed by atoms with Gasteiger partial charge in [-0.1, -0.05) is 38.1 Å². The number of likely N-dealkylation sites (N-methyl/N-ethyl adjacent to an activating group) is 1. The summed E-state index contributed by atoms with van der Waals surface area (Å²) in [6.45, 7) is 6.56. The van der Waals surface area contributed by atoms with Crippen LogP contribution in [0.25, 0.3) is 0 Å². The Balaban J connectivity index is 1.59. The molecule has 0 radical (unpaired) electrons. The molecule has 2 aromatic rings. The molecule has 3 N–H and O–H groups in total. The molecular weight excluding hydrogens is 497 g/mol. The van der Waals surface area contributed by atoms with Crippen LogP contribution >= 0.6 is 0 Å². The maximum Gasteiger partial charge on any atom is 0.246 e. The first-order chi connectivity index (χ1) is 18.7. The van der Waals surface area contributed by atoms with Crippen LogP contribution in [-0.2, 0) is 20.8 Å². The standard InChI is InChI=1S/C30H40FN5O3/c1-19(2)27(34-28(37)20(3)32-4)30(39)36-17-16-35(23-14-12-22(31)13-15-23)18-26(36)29(38)33-25-11-7-9-21-8-5-6-10-24(21)25/h5-6,8,10,12-15,19-20,25-27,32H,7,9,11,16-18H2,1-4H3,(H,33,38)(H,34,37)/t20-,25?,26-,27-/m0/s1. The van der Waals surface area contributed by atoms with Gasteiger partial charge in [0.1, 0.15) is 17.9 Å². The summed E-state index contributed by atoms with van der Waals surface area (Å²) in [6.07, 6.45) is 2.79. The van der Waals surface area contributed by atoms with Crippen molar-refractivity contribution in [2.24, 2.45) is 5.92 Å². The number of piperazine rings is 1. The van der Waals surface area contributed by atoms with Crippen molar-refractivity contribution in [3.05, 3.63) is 65.5 Å². The SMILES string of the molecule is CN[C@@H](C)C(=O)N[C@H](C(=O)N1CCN(c2ccc(F)cc2)C[C@H]1C(=O)NC1CCCc2ccccc21)C(C)C. The Morgan fingerprint density at radius 1 is 1.00 bits per heavy atom. The van der Waals surface area contributed by atoms with Crippen LogP contribution in [0.5, 0.6) is 0 Å². The molecular formula is C30H40FN5O3. The fourth-order valence-electron chi connectivity index (χ4n) is 5.43. The molecule has 0 spiro atoms. The van der Waals surface area contributed by atoms with Gasteiger partial charge in [0.25, 0.3) is 0 Å². The lowest BCUT2D eigenvalue weighted by Gasteiger charge is -2.43. The number of nitrogens with one attached hydrogen (secondary N) is 3. The fourth-order valence-corrected chi connectivity index (χ4v) is 5.43. The molecule has 210 valence electrons. The van der Waals surface area contributed by atoms with E-state index in [1.54, 1.807) is 31.0 Å². The predicted molar refractivity (Wildman–Crippen MR) is 150 cm³/mol. The Hall–Kier alpha value is -3.46. The van der Waals surface area contributed by atoms with Crippen molar-refractivity contribution >= 4 is 23.4 Å². The van der Waals surface area contributed by atoms with Crippen molar-refractivity contribution in [3.63, 3.8) is 0 Å². The Bertz CT molecular complexity index is 1170. The van der Waals surface area contributed by atoms with E-state index in [1.165, 1.54) is 17.7 Å². The predicted octanol–water partition coefficient (Wildman–Crippen LogP) is 2.79. The summed E-state index contributed by atoms with van der Waals surface area (Å²) in [5.74, 6) is -1.27. The number of anilines is 1. The van der Waals surface area contributed by atoms with Crippen molar-refractivity contribution < 1.29 is 18.8 Å². The van der Waals surface area contributed by atoms with E-state index in [1.807, 2.05) is 30.9 Å². The number of fused-ring (bicyclic) bond motifs is 1. The zero-order valence-corrected chi connectivity index (χ0v) is 23.2. The average Bonchev–Trinajstić information content (AvgIpc) is 2.95. The molecule has 1 aliphatic carbocycles. The largest absolute Gasteiger partial charge is 0.367 e. The minimum Gasteiger partial charge on any atom is -0.367 e. The summed E-state index contributed by atoms with van der Waals surface area (Å²) in [5, 5.41) is 9.02. The van der Waals surface area contributed by atoms with E-state index in [4.69, 9.17) is 0 Å². The van der Waals surface area contributed by atoms with Gasteiger partial charge in [0.2, 0.25) is 17.7 Å². The Labute approximate surface area is 230 Å². The van der Waals surface area contributed by atoms with E-state index >= 15 is 0 Å². The Morgan fingerprint density at radius 3 is 2.41 bits per heavy atom. The quantitative estimate of drug-likeness (QED) is 0.482. The molecule has 0 bridgehead atoms. The second kappa shape index (κ2) is 12.6. The summed E-state index contributed by atoms with van der Waals surface area (Å²) in [6, 6.07) is 12.2. The molecule has 1 saturated heterocycles. The number of benzene rings is 2. The minimum absolute atomic E-state index is 0.127. The molecule has 4 atom stereocenters. The highest BCUT2D eigenvalue weighted by Crippen LogP contribution is 2.30. The summed E-state index contributed by atoms with van der Waals surface area (Å²) in [7, 11) is 1.69. The minimum atomic E-state index is -0.773. The maximum atomic E-state index is 13.9. The van der Waals surface area contributed by atoms with Gasteiger partial charge in [-0.05, 0) is 74.5 Å². The van der Waals surface area contributed by atoms with Gasteiger partial charge in [-0.3, -0.25) is 14.4 Å². The molecule has 1 heterocycles. The molecule has 9 heteroatoms. The molecule has 1 fully saturated rings. The van der Waals surface area contributed by atoms with Crippen LogP contribution < -0.4 is 20.9 Å². The number of hydrogen-bond acceptors (Lipinski definition) is 5. The van der Waals surface area contributed by atoms with Crippen LogP contribution in [0.15, 0.2) is 48.5 Å². The number of carbonyl (C=O) groups excluding carboxylic acids is 3. The van der Waals surface area contributed by atoms with Crippen molar-refractivity contribution in [3.8, 4) is 0 Å². The summed E-state index contributed by atoms with van der Waals surface area (Å²) in [4.78, 5) is 44.1. The van der Waals surface area contributed by atoms with Gasteiger partial charge < -0.3 is 25.8 Å². The summed E-state index contributed by atoms with van der Waals surface area (Å²) >= 11 is 0. The number of nitrogens with zero attached hydrogens (tertiary/aromatic N) is 2. The molecule has 1 unspecified atom stereocenters. The highest BCUT2D eigenvalue weighted by molar-refractivity contribution is 5.94. The second-order valence-electron chi connectivity index (χ2n) is 10.9. The van der Waals surface area contributed by atoms with Gasteiger partial charge in [-0.15, -0.1) is 0 Å². The first kappa shape index (κ1) is 28.5. The van der Waals surface area contributed by atoms with E-state index in [2.05, 4.69) is 28.1 Å². The van der Waals surface area contributed by atoms with Crippen LogP contribution in [0.3, 0.4) is 0 Å². The van der Waals surface area contributed by atoms with Crippen LogP contribution in [0, 0.1) is 11.7 Å². The lowest BCUT2D eigenvalue weighted by Crippen LogP contribution is -2.65. The number of hydrogen-bond donors (Lipinski definition) is 3. The molecule has 2 aliphatic rings. The number of aryl methyl sites for hydroxylation is 1. The van der Waals surface area contributed by atoms with Crippen LogP contribution in [0.1, 0.15) is 50.8 Å². The normalized spacial score (nSPS) is 20.7. The number of carbonyl (C=O) groups is 3. The lowest BCUT2D eigenvalue weighted by atomic mass is 9.87. The van der Waals surface area contributed by atoms with Gasteiger partial charge in [0.15, 0.2) is 0 Å². The van der Waals surface area contributed by atoms with E-state index in [9.17, 15) is 18.8 Å². The molecule has 0 aromatic heterocycles. The number of rotatable bonds is 8. The monoisotopic (exact) mass is 537 g/mol. The topological polar surface area (TPSA) is 93.8 Å². The van der Waals surface area contributed by atoms with E-state index in [0.717, 1.165) is 30.5 Å². The summed E-state index contributed by atoms with van der Waals surface area (Å²) < 4.78 is 13.6. The van der Waals surface area contributed by atoms with Gasteiger partial charge in [-0.25, -0.2) is 4.39 Å². The molecule has 4 rings (SSSR count). The van der Waals surface area contributed by atoms with Gasteiger partial charge in [-0.2, -0.15) is 0 Å². The zero-order chi connectivity index (χ0) is 28.1. The lowest BCUT2D eigenvalue weighted by molar-refractivity contribution is -0.145. The van der Waals surface area contributed by atoms with Crippen molar-refractivity contribution in [2.45, 2.75) is 64.2 Å². The van der Waals surface area contributed by atoms with Crippen molar-refractivity contribution in [1.82, 2.24) is 20.9 Å². The van der Waals surface area contributed by atoms with Gasteiger partial charge in [0.05, 0.1) is 12.1 Å². The first-order valence-corrected chi connectivity index (χ1v) is 13.9. The third-order valence-corrected chi connectivity index (χ3v) is 7.90. The Morgan fingerprint density at radius 2 is 1.72 bits per heavy atom. The molecule has 39 heavy (non-hydrogen) atoms. The third-order valence-electron chi connectivity index (χ3n) is 7.90. The molecule has 1 aliphatic heterocycles. The molecule has 8 nitrogen and oxygen atoms in total. The van der Waals surface area contributed by atoms with E-state index in [-0.39, 0.29) is 42.0 Å². The van der Waals surface area contributed by atoms with Crippen LogP contribution in [0.4, 0.5) is 10.1 Å². The second-order valence-corrected chi connectivity index (χ2v) is 10.9. The smallest absolute Gasteiger partial charge is 0.246 e. The highest BCUT2D eigenvalue weighted by Gasteiger charge is 2.40. The Kier molecular flexibility index (Phi) is 9.22. The zero-order valence-electron chi connectivity index (χ0n) is 23.2. The number of amides is 3. The average molecular weight is 538 g/mol. The van der Waals surface area contributed by atoms with Crippen molar-refractivity contribution in [2.75, 3.05) is 31.6 Å². The highest BCUT2D eigenvalue weighted by atomic mass is 19.1. The molecule has 3 amide bonds. The van der Waals surface area contributed by atoms with Gasteiger partial charge in [0, 0.05) is 25.3 Å².